The maximum Gasteiger partial charge on any atom is 0.136 e. The summed E-state index contributed by atoms with van der Waals surface area (Å²) >= 11 is 0. The van der Waals surface area contributed by atoms with Gasteiger partial charge in [-0.1, -0.05) is 182 Å². The maximum absolute atomic E-state index is 6.38. The van der Waals surface area contributed by atoms with Gasteiger partial charge in [-0.3, -0.25) is 0 Å². The van der Waals surface area contributed by atoms with Gasteiger partial charge in [0.2, 0.25) is 0 Å². The first kappa shape index (κ1) is 36.5. The number of aromatic nitrogens is 1. The third kappa shape index (κ3) is 6.29. The third-order valence-corrected chi connectivity index (χ3v) is 12.4. The summed E-state index contributed by atoms with van der Waals surface area (Å²) in [7, 11) is 0. The van der Waals surface area contributed by atoms with E-state index < -0.39 is 0 Å². The predicted molar refractivity (Wildman–Crippen MR) is 264 cm³/mol. The van der Waals surface area contributed by atoms with E-state index in [0.717, 1.165) is 72.5 Å². The fourth-order valence-electron chi connectivity index (χ4n) is 9.52. The highest BCUT2D eigenvalue weighted by Gasteiger charge is 2.22. The highest BCUT2D eigenvalue weighted by molar-refractivity contribution is 6.14. The maximum atomic E-state index is 6.38. The van der Waals surface area contributed by atoms with Crippen LogP contribution in [0.4, 0.5) is 17.1 Å². The Morgan fingerprint density at radius 1 is 0.317 bits per heavy atom. The topological polar surface area (TPSA) is 21.3 Å². The van der Waals surface area contributed by atoms with Crippen LogP contribution in [0.3, 0.4) is 0 Å². The number of fused-ring (bicyclic) bond motifs is 6. The summed E-state index contributed by atoms with van der Waals surface area (Å²) in [4.78, 5) is 2.41. The number of hydrogen-bond acceptors (Lipinski definition) is 2. The minimum absolute atomic E-state index is 0.881. The van der Waals surface area contributed by atoms with Gasteiger partial charge in [0.15, 0.2) is 0 Å². The number of hydrogen-bond donors (Lipinski definition) is 0. The fourth-order valence-corrected chi connectivity index (χ4v) is 9.52. The van der Waals surface area contributed by atoms with Crippen molar-refractivity contribution >= 4 is 60.8 Å². The van der Waals surface area contributed by atoms with Crippen molar-refractivity contribution in [1.29, 1.82) is 0 Å². The molecular weight excluding hydrogens is 765 g/mol. The zero-order chi connectivity index (χ0) is 41.7. The fraction of sp³-hybridized carbons (Fsp3) is 0. The normalized spacial score (nSPS) is 11.5. The summed E-state index contributed by atoms with van der Waals surface area (Å²) < 4.78 is 8.76. The summed E-state index contributed by atoms with van der Waals surface area (Å²) in [6.07, 6.45) is 0. The van der Waals surface area contributed by atoms with Gasteiger partial charge in [-0.15, -0.1) is 0 Å². The zero-order valence-electron chi connectivity index (χ0n) is 34.4. The van der Waals surface area contributed by atoms with Gasteiger partial charge in [0.25, 0.3) is 0 Å². The minimum atomic E-state index is 0.881. The van der Waals surface area contributed by atoms with Crippen molar-refractivity contribution in [1.82, 2.24) is 4.57 Å². The first-order chi connectivity index (χ1) is 31.3. The van der Waals surface area contributed by atoms with E-state index in [1.54, 1.807) is 0 Å². The van der Waals surface area contributed by atoms with Crippen LogP contribution in [0.1, 0.15) is 0 Å². The van der Waals surface area contributed by atoms with Gasteiger partial charge >= 0.3 is 0 Å². The number of rotatable bonds is 8. The van der Waals surface area contributed by atoms with Gasteiger partial charge in [-0.05, 0) is 94.0 Å². The van der Waals surface area contributed by atoms with Crippen molar-refractivity contribution in [2.75, 3.05) is 4.90 Å². The second kappa shape index (κ2) is 15.3. The SMILES string of the molecule is c1ccc(-c2ccccc2N(c2ccc(-c3ccc(-c4cccc(-n5c6ccccc6c6ccccc65)c4)cc3)cc2)c2ccccc2-c2cccc3oc4ccccc4c23)cc1. The summed E-state index contributed by atoms with van der Waals surface area (Å²) in [5.74, 6) is 0. The highest BCUT2D eigenvalue weighted by Crippen LogP contribution is 2.47. The number of nitrogens with zero attached hydrogens (tertiary/aromatic N) is 2. The molecule has 0 aliphatic carbocycles. The Hall–Kier alpha value is -8.40. The quantitative estimate of drug-likeness (QED) is 0.153. The van der Waals surface area contributed by atoms with Crippen LogP contribution >= 0.6 is 0 Å². The van der Waals surface area contributed by atoms with E-state index in [4.69, 9.17) is 4.42 Å². The lowest BCUT2D eigenvalue weighted by molar-refractivity contribution is 0.669. The van der Waals surface area contributed by atoms with Crippen molar-refractivity contribution in [3.63, 3.8) is 0 Å². The standard InChI is InChI=1S/C60H40N2O/c1-2-16-44(17-3-1)48-20-4-9-26-54(48)61(57-29-12-7-23-51(57)52-25-15-31-59-60(52)53-24-8-13-30-58(53)63-59)46-38-36-42(37-39-46)41-32-34-43(35-33-41)45-18-14-19-47(40-45)62-55-27-10-5-21-49(55)50-22-6-11-28-56(50)62/h1-40H. The van der Waals surface area contributed by atoms with Crippen molar-refractivity contribution in [3.8, 4) is 50.2 Å². The first-order valence-electron chi connectivity index (χ1n) is 21.5. The summed E-state index contributed by atoms with van der Waals surface area (Å²) in [5, 5.41) is 4.76. The molecule has 3 heteroatoms. The van der Waals surface area contributed by atoms with E-state index in [1.807, 2.05) is 12.1 Å². The Kier molecular flexibility index (Phi) is 8.83. The molecule has 12 rings (SSSR count). The van der Waals surface area contributed by atoms with Crippen molar-refractivity contribution in [3.05, 3.63) is 243 Å². The lowest BCUT2D eigenvalue weighted by Crippen LogP contribution is -2.12. The van der Waals surface area contributed by atoms with Gasteiger partial charge < -0.3 is 13.9 Å². The van der Waals surface area contributed by atoms with Crippen molar-refractivity contribution in [2.45, 2.75) is 0 Å². The van der Waals surface area contributed by atoms with E-state index in [-0.39, 0.29) is 0 Å². The second-order valence-corrected chi connectivity index (χ2v) is 16.1. The van der Waals surface area contributed by atoms with Gasteiger partial charge in [0, 0.05) is 44.0 Å². The molecule has 0 saturated carbocycles. The lowest BCUT2D eigenvalue weighted by atomic mass is 9.95. The summed E-state index contributed by atoms with van der Waals surface area (Å²) in [6, 6.07) is 87.0. The lowest BCUT2D eigenvalue weighted by Gasteiger charge is -2.30. The van der Waals surface area contributed by atoms with E-state index in [2.05, 4.69) is 240 Å². The second-order valence-electron chi connectivity index (χ2n) is 16.1. The molecule has 0 bridgehead atoms. The Morgan fingerprint density at radius 3 is 1.52 bits per heavy atom. The summed E-state index contributed by atoms with van der Waals surface area (Å²) in [6.45, 7) is 0. The number of furan rings is 1. The molecule has 0 spiro atoms. The van der Waals surface area contributed by atoms with Crippen LogP contribution in [0, 0.1) is 0 Å². The molecule has 10 aromatic carbocycles. The van der Waals surface area contributed by atoms with Crippen molar-refractivity contribution in [2.24, 2.45) is 0 Å². The number of benzene rings is 10. The Bertz CT molecular complexity index is 3560. The van der Waals surface area contributed by atoms with Crippen molar-refractivity contribution < 1.29 is 4.42 Å². The molecule has 296 valence electrons. The Labute approximate surface area is 366 Å². The van der Waals surface area contributed by atoms with Crippen LogP contribution < -0.4 is 4.90 Å². The van der Waals surface area contributed by atoms with E-state index in [9.17, 15) is 0 Å². The molecule has 0 fully saturated rings. The van der Waals surface area contributed by atoms with Gasteiger partial charge in [0.05, 0.1) is 22.4 Å². The Morgan fingerprint density at radius 2 is 0.810 bits per heavy atom. The molecule has 0 atom stereocenters. The molecule has 2 aromatic heterocycles. The smallest absolute Gasteiger partial charge is 0.136 e. The van der Waals surface area contributed by atoms with Crippen LogP contribution in [-0.4, -0.2) is 4.57 Å². The average molecular weight is 805 g/mol. The van der Waals surface area contributed by atoms with Gasteiger partial charge in [0.1, 0.15) is 11.2 Å². The molecule has 3 nitrogen and oxygen atoms in total. The molecule has 0 saturated heterocycles. The largest absolute Gasteiger partial charge is 0.456 e. The minimum Gasteiger partial charge on any atom is -0.456 e. The van der Waals surface area contributed by atoms with Crippen LogP contribution in [0.5, 0.6) is 0 Å². The monoisotopic (exact) mass is 804 g/mol. The molecule has 0 aliphatic heterocycles. The third-order valence-electron chi connectivity index (χ3n) is 12.4. The number of anilines is 3. The molecule has 12 aromatic rings. The number of para-hydroxylation sites is 5. The average Bonchev–Trinajstić information content (AvgIpc) is 3.91. The molecule has 0 amide bonds. The van der Waals surface area contributed by atoms with E-state index >= 15 is 0 Å². The van der Waals surface area contributed by atoms with E-state index in [1.165, 1.54) is 38.5 Å². The van der Waals surface area contributed by atoms with Gasteiger partial charge in [-0.25, -0.2) is 0 Å². The molecule has 63 heavy (non-hydrogen) atoms. The zero-order valence-corrected chi connectivity index (χ0v) is 34.4. The van der Waals surface area contributed by atoms with Crippen LogP contribution in [0.2, 0.25) is 0 Å². The van der Waals surface area contributed by atoms with Crippen LogP contribution in [0.15, 0.2) is 247 Å². The predicted octanol–water partition coefficient (Wildman–Crippen LogP) is 16.8. The molecule has 0 N–H and O–H groups in total. The molecular formula is C60H40N2O. The molecule has 0 aliphatic rings. The molecule has 0 radical (unpaired) electrons. The first-order valence-corrected chi connectivity index (χ1v) is 21.5. The summed E-state index contributed by atoms with van der Waals surface area (Å²) in [5.41, 5.74) is 17.9. The molecule has 2 heterocycles. The van der Waals surface area contributed by atoms with E-state index in [0.29, 0.717) is 0 Å². The van der Waals surface area contributed by atoms with Gasteiger partial charge in [-0.2, -0.15) is 0 Å². The van der Waals surface area contributed by atoms with Crippen LogP contribution in [0.25, 0.3) is 93.9 Å². The Balaban J connectivity index is 0.935. The highest BCUT2D eigenvalue weighted by atomic mass is 16.3. The molecule has 0 unspecified atom stereocenters. The van der Waals surface area contributed by atoms with Crippen LogP contribution in [-0.2, 0) is 0 Å².